The Kier molecular flexibility index (Phi) is 6.27. The first-order valence-electron chi connectivity index (χ1n) is 14.6. The van der Waals surface area contributed by atoms with Gasteiger partial charge in [0.1, 0.15) is 11.5 Å². The number of likely N-dealkylation sites (tertiary alicyclic amines) is 1. The van der Waals surface area contributed by atoms with E-state index in [0.29, 0.717) is 23.4 Å². The zero-order chi connectivity index (χ0) is 30.0. The van der Waals surface area contributed by atoms with E-state index in [0.717, 1.165) is 11.1 Å². The van der Waals surface area contributed by atoms with Crippen LogP contribution in [0, 0.1) is 29.1 Å². The van der Waals surface area contributed by atoms with Crippen LogP contribution in [0.3, 0.4) is 0 Å². The largest absolute Gasteiger partial charge is 0.508 e. The van der Waals surface area contributed by atoms with Gasteiger partial charge in [0.2, 0.25) is 23.6 Å². The maximum Gasteiger partial charge on any atom is 0.241 e. The van der Waals surface area contributed by atoms with Crippen molar-refractivity contribution >= 4 is 29.3 Å². The Bertz CT molecular complexity index is 1680. The van der Waals surface area contributed by atoms with Crippen LogP contribution < -0.4 is 9.64 Å². The summed E-state index contributed by atoms with van der Waals surface area (Å²) in [6, 6.07) is 23.2. The second kappa shape index (κ2) is 9.93. The highest BCUT2D eigenvalue weighted by atomic mass is 16.5. The fraction of sp³-hybridized carbons (Fsp3) is 0.314. The predicted octanol–water partition coefficient (Wildman–Crippen LogP) is 4.83. The minimum atomic E-state index is -1.23. The summed E-state index contributed by atoms with van der Waals surface area (Å²) >= 11 is 0. The van der Waals surface area contributed by atoms with Gasteiger partial charge >= 0.3 is 0 Å². The molecule has 0 bridgehead atoms. The Balaban J connectivity index is 1.36. The number of carbonyl (C=O) groups excluding carboxylic acids is 4. The van der Waals surface area contributed by atoms with Gasteiger partial charge in [0, 0.05) is 11.5 Å². The summed E-state index contributed by atoms with van der Waals surface area (Å²) in [5.74, 6) is -3.74. The number of rotatable bonds is 5. The first-order chi connectivity index (χ1) is 20.8. The van der Waals surface area contributed by atoms with E-state index in [9.17, 15) is 24.3 Å². The van der Waals surface area contributed by atoms with Gasteiger partial charge < -0.3 is 9.84 Å². The van der Waals surface area contributed by atoms with E-state index in [1.807, 2.05) is 42.5 Å². The lowest BCUT2D eigenvalue weighted by atomic mass is 9.51. The number of ether oxygens (including phenoxy) is 1. The summed E-state index contributed by atoms with van der Waals surface area (Å²) in [6.45, 7) is 1.99. The van der Waals surface area contributed by atoms with Gasteiger partial charge in [-0.1, -0.05) is 60.2 Å². The molecular weight excluding hydrogens is 544 g/mol. The van der Waals surface area contributed by atoms with Crippen molar-refractivity contribution in [1.82, 2.24) is 4.90 Å². The van der Waals surface area contributed by atoms with Gasteiger partial charge in [-0.15, -0.1) is 0 Å². The summed E-state index contributed by atoms with van der Waals surface area (Å²) in [4.78, 5) is 59.0. The van der Waals surface area contributed by atoms with E-state index in [-0.39, 0.29) is 42.3 Å². The second-order valence-corrected chi connectivity index (χ2v) is 12.2. The van der Waals surface area contributed by atoms with Crippen molar-refractivity contribution in [2.45, 2.75) is 32.2 Å². The average Bonchev–Trinajstić information content (AvgIpc) is 3.38. The smallest absolute Gasteiger partial charge is 0.241 e. The lowest BCUT2D eigenvalue weighted by Gasteiger charge is -2.49. The fourth-order valence-corrected chi connectivity index (χ4v) is 8.06. The Labute approximate surface area is 249 Å². The molecule has 4 aliphatic rings. The standard InChI is InChI=1S/C35H32N2O6/c1-35-27(32(40)37(34(35)42)21-11-7-4-8-12-21)18-25-23(30(35)26-17-22(43-2)13-16-28(26)38)14-15-24-29(25)33(41)36(31(24)39)19-20-9-5-3-6-10-20/h3-14,16-17,24-25,27,29-30,38H,15,18-19H2,1-2H3. The number of para-hydroxylation sites is 1. The van der Waals surface area contributed by atoms with Crippen molar-refractivity contribution < 1.29 is 29.0 Å². The van der Waals surface area contributed by atoms with Crippen LogP contribution in [0.15, 0.2) is 90.5 Å². The number of hydrogen-bond donors (Lipinski definition) is 1. The van der Waals surface area contributed by atoms with E-state index in [2.05, 4.69) is 0 Å². The van der Waals surface area contributed by atoms with Crippen LogP contribution in [-0.4, -0.2) is 40.7 Å². The Morgan fingerprint density at radius 1 is 0.884 bits per heavy atom. The summed E-state index contributed by atoms with van der Waals surface area (Å²) in [6.07, 6.45) is 2.59. The number of carbonyl (C=O) groups is 4. The molecule has 2 aliphatic carbocycles. The third kappa shape index (κ3) is 3.89. The van der Waals surface area contributed by atoms with E-state index in [4.69, 9.17) is 4.74 Å². The van der Waals surface area contributed by atoms with Crippen molar-refractivity contribution in [2.75, 3.05) is 12.0 Å². The molecule has 2 aliphatic heterocycles. The Morgan fingerprint density at radius 3 is 2.28 bits per heavy atom. The van der Waals surface area contributed by atoms with Gasteiger partial charge in [0.05, 0.1) is 42.5 Å². The van der Waals surface area contributed by atoms with Gasteiger partial charge in [-0.2, -0.15) is 0 Å². The maximum absolute atomic E-state index is 14.4. The molecule has 2 saturated heterocycles. The van der Waals surface area contributed by atoms with Crippen LogP contribution in [0.4, 0.5) is 5.69 Å². The van der Waals surface area contributed by atoms with Gasteiger partial charge in [-0.3, -0.25) is 24.1 Å². The molecular formula is C35H32N2O6. The van der Waals surface area contributed by atoms with E-state index in [1.165, 1.54) is 23.0 Å². The first kappa shape index (κ1) is 27.1. The minimum absolute atomic E-state index is 0.0209. The van der Waals surface area contributed by atoms with Crippen LogP contribution in [0.25, 0.3) is 0 Å². The van der Waals surface area contributed by atoms with Gasteiger partial charge in [-0.25, -0.2) is 4.90 Å². The van der Waals surface area contributed by atoms with Crippen LogP contribution in [0.5, 0.6) is 11.5 Å². The molecule has 3 aromatic rings. The number of fused-ring (bicyclic) bond motifs is 4. The number of imide groups is 2. The number of amides is 4. The lowest BCUT2D eigenvalue weighted by Crippen LogP contribution is -2.48. The van der Waals surface area contributed by atoms with Crippen molar-refractivity contribution in [1.29, 1.82) is 0 Å². The minimum Gasteiger partial charge on any atom is -0.508 e. The molecule has 0 aromatic heterocycles. The zero-order valence-corrected chi connectivity index (χ0v) is 24.0. The van der Waals surface area contributed by atoms with Gasteiger partial charge in [0.15, 0.2) is 0 Å². The van der Waals surface area contributed by atoms with E-state index < -0.39 is 35.0 Å². The van der Waals surface area contributed by atoms with Crippen LogP contribution in [0.1, 0.15) is 36.8 Å². The molecule has 3 aromatic carbocycles. The number of allylic oxidation sites excluding steroid dienone is 2. The summed E-state index contributed by atoms with van der Waals surface area (Å²) < 4.78 is 5.49. The topological polar surface area (TPSA) is 104 Å². The van der Waals surface area contributed by atoms with Crippen molar-refractivity contribution in [2.24, 2.45) is 29.1 Å². The molecule has 2 heterocycles. The number of hydrogen-bond acceptors (Lipinski definition) is 6. The molecule has 1 saturated carbocycles. The van der Waals surface area contributed by atoms with E-state index >= 15 is 0 Å². The lowest BCUT2D eigenvalue weighted by molar-refractivity contribution is -0.141. The number of anilines is 1. The molecule has 218 valence electrons. The summed E-state index contributed by atoms with van der Waals surface area (Å²) in [7, 11) is 1.53. The van der Waals surface area contributed by atoms with E-state index in [1.54, 1.807) is 43.3 Å². The molecule has 8 heteroatoms. The van der Waals surface area contributed by atoms with Crippen LogP contribution in [0.2, 0.25) is 0 Å². The molecule has 4 amide bonds. The molecule has 6 atom stereocenters. The predicted molar refractivity (Wildman–Crippen MR) is 158 cm³/mol. The number of phenols is 1. The van der Waals surface area contributed by atoms with Crippen molar-refractivity contribution in [3.8, 4) is 11.5 Å². The molecule has 8 nitrogen and oxygen atoms in total. The Morgan fingerprint density at radius 2 is 1.58 bits per heavy atom. The highest BCUT2D eigenvalue weighted by Gasteiger charge is 2.67. The molecule has 0 spiro atoms. The van der Waals surface area contributed by atoms with Crippen molar-refractivity contribution in [3.63, 3.8) is 0 Å². The summed E-state index contributed by atoms with van der Waals surface area (Å²) in [5, 5.41) is 11.2. The number of nitrogens with zero attached hydrogens (tertiary/aromatic N) is 2. The fourth-order valence-electron chi connectivity index (χ4n) is 8.06. The number of aromatic hydroxyl groups is 1. The third-order valence-electron chi connectivity index (χ3n) is 10.1. The first-order valence-corrected chi connectivity index (χ1v) is 14.6. The van der Waals surface area contributed by atoms with Crippen molar-refractivity contribution in [3.05, 3.63) is 102 Å². The summed E-state index contributed by atoms with van der Waals surface area (Å²) in [5.41, 5.74) is 1.40. The second-order valence-electron chi connectivity index (χ2n) is 12.2. The number of benzene rings is 3. The van der Waals surface area contributed by atoms with Gasteiger partial charge in [0.25, 0.3) is 0 Å². The molecule has 43 heavy (non-hydrogen) atoms. The number of methoxy groups -OCH3 is 1. The average molecular weight is 577 g/mol. The molecule has 0 radical (unpaired) electrons. The quantitative estimate of drug-likeness (QED) is 0.345. The highest BCUT2D eigenvalue weighted by molar-refractivity contribution is 6.24. The molecule has 6 unspecified atom stereocenters. The van der Waals surface area contributed by atoms with Crippen LogP contribution in [-0.2, 0) is 25.7 Å². The molecule has 3 fully saturated rings. The molecule has 7 rings (SSSR count). The SMILES string of the molecule is COc1ccc(O)c(C2C3=CCC4C(=O)N(Cc5ccccc5)C(=O)C4C3CC3C(=O)N(c4ccccc4)C(=O)C32C)c1. The van der Waals surface area contributed by atoms with Gasteiger partial charge in [-0.05, 0) is 61.6 Å². The maximum atomic E-state index is 14.4. The number of phenolic OH excluding ortho intramolecular Hbond substituents is 1. The normalized spacial score (nSPS) is 29.7. The van der Waals surface area contributed by atoms with Crippen LogP contribution >= 0.6 is 0 Å². The monoisotopic (exact) mass is 576 g/mol. The Hall–Kier alpha value is -4.72. The third-order valence-corrected chi connectivity index (χ3v) is 10.1. The molecule has 1 N–H and O–H groups in total. The zero-order valence-electron chi connectivity index (χ0n) is 24.0. The highest BCUT2D eigenvalue weighted by Crippen LogP contribution is 2.64.